The molecule has 2 atom stereocenters. The van der Waals surface area contributed by atoms with Gasteiger partial charge in [0, 0.05) is 19.2 Å². The molecule has 0 saturated carbocycles. The van der Waals surface area contributed by atoms with E-state index in [-0.39, 0.29) is 30.0 Å². The van der Waals surface area contributed by atoms with Crippen LogP contribution < -0.4 is 10.2 Å². The van der Waals surface area contributed by atoms with E-state index >= 15 is 0 Å². The lowest BCUT2D eigenvalue weighted by molar-refractivity contribution is -0.383. The van der Waals surface area contributed by atoms with Crippen molar-refractivity contribution in [3.63, 3.8) is 0 Å². The Bertz CT molecular complexity index is 1550. The molecule has 1 saturated heterocycles. The summed E-state index contributed by atoms with van der Waals surface area (Å²) in [5, 5.41) is 14.7. The predicted molar refractivity (Wildman–Crippen MR) is 135 cm³/mol. The molecule has 6 rings (SSSR count). The summed E-state index contributed by atoms with van der Waals surface area (Å²) in [6.45, 7) is 4.66. The number of rotatable bonds is 6. The van der Waals surface area contributed by atoms with Gasteiger partial charge in [0.2, 0.25) is 5.95 Å². The van der Waals surface area contributed by atoms with E-state index in [9.17, 15) is 14.5 Å². The van der Waals surface area contributed by atoms with Crippen molar-refractivity contribution < 1.29 is 14.1 Å². The number of nitrogens with one attached hydrogen (secondary N) is 2. The molecule has 0 spiro atoms. The van der Waals surface area contributed by atoms with Crippen LogP contribution >= 0.6 is 0 Å². The Hall–Kier alpha value is -4.39. The number of morpholine rings is 1. The summed E-state index contributed by atoms with van der Waals surface area (Å²) < 4.78 is 21.5. The van der Waals surface area contributed by atoms with E-state index in [1.54, 1.807) is 24.5 Å². The number of nitro groups is 1. The molecule has 13 heteroatoms. The number of benzene rings is 1. The monoisotopic (exact) mass is 505 g/mol. The third kappa shape index (κ3) is 4.27. The maximum atomic E-state index is 14.1. The molecule has 4 aromatic rings. The summed E-state index contributed by atoms with van der Waals surface area (Å²) in [4.78, 5) is 34.7. The number of nitrogens with zero attached hydrogens (tertiary/aromatic N) is 7. The molecule has 2 aliphatic rings. The Morgan fingerprint density at radius 3 is 2.89 bits per heavy atom. The number of hydrogen-bond acceptors (Lipinski definition) is 9. The Morgan fingerprint density at radius 1 is 1.24 bits per heavy atom. The summed E-state index contributed by atoms with van der Waals surface area (Å²) in [6, 6.07) is 4.50. The fourth-order valence-electron chi connectivity index (χ4n) is 4.68. The van der Waals surface area contributed by atoms with Gasteiger partial charge in [-0.1, -0.05) is 19.1 Å². The van der Waals surface area contributed by atoms with Gasteiger partial charge in [-0.2, -0.15) is 9.97 Å². The average molecular weight is 506 g/mol. The lowest BCUT2D eigenvalue weighted by Crippen LogP contribution is -2.37. The third-order valence-electron chi connectivity index (χ3n) is 6.61. The molecule has 190 valence electrons. The number of allylic oxidation sites excluding steroid dienone is 4. The number of hydrogen-bond donors (Lipinski definition) is 2. The summed E-state index contributed by atoms with van der Waals surface area (Å²) in [7, 11) is 0. The average Bonchev–Trinajstić information content (AvgIpc) is 3.53. The Kier molecular flexibility index (Phi) is 5.75. The van der Waals surface area contributed by atoms with E-state index < -0.39 is 4.92 Å². The molecule has 4 heterocycles. The molecule has 1 aliphatic carbocycles. The van der Waals surface area contributed by atoms with Crippen LogP contribution in [0, 0.1) is 16.0 Å². The first-order chi connectivity index (χ1) is 18.0. The normalized spacial score (nSPS) is 19.9. The molecule has 0 amide bonds. The van der Waals surface area contributed by atoms with Crippen molar-refractivity contribution in [1.82, 2.24) is 29.5 Å². The maximum absolute atomic E-state index is 14.1. The van der Waals surface area contributed by atoms with Crippen LogP contribution in [0.25, 0.3) is 22.2 Å². The van der Waals surface area contributed by atoms with E-state index in [1.165, 1.54) is 12.1 Å². The Morgan fingerprint density at radius 2 is 2.08 bits per heavy atom. The molecule has 1 aromatic carbocycles. The van der Waals surface area contributed by atoms with Crippen LogP contribution in [-0.4, -0.2) is 60.7 Å². The van der Waals surface area contributed by atoms with Crippen molar-refractivity contribution in [1.29, 1.82) is 0 Å². The van der Waals surface area contributed by atoms with Gasteiger partial charge >= 0.3 is 0 Å². The zero-order valence-electron chi connectivity index (χ0n) is 20.0. The van der Waals surface area contributed by atoms with Crippen molar-refractivity contribution in [3.05, 3.63) is 64.5 Å². The first-order valence-corrected chi connectivity index (χ1v) is 12.0. The van der Waals surface area contributed by atoms with Gasteiger partial charge in [0.1, 0.15) is 11.7 Å². The lowest BCUT2D eigenvalue weighted by atomic mass is 9.96. The molecule has 1 aliphatic heterocycles. The van der Waals surface area contributed by atoms with Crippen LogP contribution in [-0.2, 0) is 11.3 Å². The van der Waals surface area contributed by atoms with Crippen molar-refractivity contribution in [2.75, 3.05) is 36.5 Å². The van der Waals surface area contributed by atoms with Crippen molar-refractivity contribution >= 4 is 39.7 Å². The van der Waals surface area contributed by atoms with E-state index in [0.717, 1.165) is 0 Å². The van der Waals surface area contributed by atoms with Gasteiger partial charge in [0.05, 0.1) is 42.6 Å². The number of nitro benzene ring substituents is 1. The second-order valence-electron chi connectivity index (χ2n) is 9.02. The number of aromatic amines is 1. The predicted octanol–water partition coefficient (Wildman–Crippen LogP) is 3.66. The molecule has 37 heavy (non-hydrogen) atoms. The molecular weight excluding hydrogens is 481 g/mol. The summed E-state index contributed by atoms with van der Waals surface area (Å²) in [5.74, 6) is 1.26. The smallest absolute Gasteiger partial charge is 0.297 e. The lowest BCUT2D eigenvalue weighted by Gasteiger charge is -2.27. The van der Waals surface area contributed by atoms with Gasteiger partial charge in [-0.3, -0.25) is 10.1 Å². The minimum absolute atomic E-state index is 0.0430. The molecular formula is C24H24FN9O3. The van der Waals surface area contributed by atoms with Gasteiger partial charge < -0.3 is 24.5 Å². The zero-order chi connectivity index (χ0) is 25.5. The summed E-state index contributed by atoms with van der Waals surface area (Å²) >= 11 is 0. The number of halogens is 1. The maximum Gasteiger partial charge on any atom is 0.297 e. The van der Waals surface area contributed by atoms with Gasteiger partial charge in [-0.15, -0.1) is 0 Å². The Labute approximate surface area is 210 Å². The fourth-order valence-corrected chi connectivity index (χ4v) is 4.68. The summed E-state index contributed by atoms with van der Waals surface area (Å²) in [6.07, 6.45) is 6.52. The zero-order valence-corrected chi connectivity index (χ0v) is 20.0. The number of ether oxygens (including phenoxy) is 1. The highest BCUT2D eigenvalue weighted by atomic mass is 19.1. The second-order valence-corrected chi connectivity index (χ2v) is 9.02. The first-order valence-electron chi connectivity index (χ1n) is 12.0. The molecule has 3 aromatic heterocycles. The minimum Gasteiger partial charge on any atom is -0.378 e. The second kappa shape index (κ2) is 9.24. The standard InChI is InChI=1S/C24H24FN9O3/c1-14-5-6-15(25)11-18(14)33-13-27-21-22(30-24(31-23(21)33)32-7-9-37-10-8-32)26-12-19-28-16-3-2-4-17(34(35)36)20(16)29-19/h2-6,11,13-14,18H,7-10,12H2,1H3,(H,28,29)(H,26,30,31). The van der Waals surface area contributed by atoms with Crippen LogP contribution in [0.2, 0.25) is 0 Å². The highest BCUT2D eigenvalue weighted by molar-refractivity contribution is 5.86. The largest absolute Gasteiger partial charge is 0.378 e. The number of aromatic nitrogens is 6. The third-order valence-corrected chi connectivity index (χ3v) is 6.61. The quantitative estimate of drug-likeness (QED) is 0.297. The molecule has 0 bridgehead atoms. The van der Waals surface area contributed by atoms with E-state index in [0.29, 0.717) is 66.1 Å². The minimum atomic E-state index is -0.450. The summed E-state index contributed by atoms with van der Waals surface area (Å²) in [5.41, 5.74) is 1.92. The van der Waals surface area contributed by atoms with Crippen molar-refractivity contribution in [2.45, 2.75) is 19.5 Å². The number of imidazole rings is 2. The van der Waals surface area contributed by atoms with E-state index in [1.807, 2.05) is 22.5 Å². The number of fused-ring (bicyclic) bond motifs is 2. The van der Waals surface area contributed by atoms with Gasteiger partial charge in [-0.05, 0) is 24.1 Å². The number of anilines is 2. The highest BCUT2D eigenvalue weighted by Crippen LogP contribution is 2.32. The van der Waals surface area contributed by atoms with Gasteiger partial charge in [0.15, 0.2) is 22.5 Å². The van der Waals surface area contributed by atoms with Crippen LogP contribution in [0.3, 0.4) is 0 Å². The number of para-hydroxylation sites is 1. The van der Waals surface area contributed by atoms with Crippen LogP contribution in [0.4, 0.5) is 21.8 Å². The fraction of sp³-hybridized carbons (Fsp3) is 0.333. The number of H-pyrrole nitrogens is 1. The van der Waals surface area contributed by atoms with Crippen LogP contribution in [0.1, 0.15) is 18.8 Å². The molecule has 0 radical (unpaired) electrons. The molecule has 1 fully saturated rings. The van der Waals surface area contributed by atoms with Gasteiger partial charge in [0.25, 0.3) is 5.69 Å². The SMILES string of the molecule is CC1C=CC(F)=CC1n1cnc2c(NCc3nc4c([N+](=O)[O-])cccc4[nH]3)nc(N3CCOCC3)nc21. The Balaban J connectivity index is 1.38. The van der Waals surface area contributed by atoms with Crippen molar-refractivity contribution in [2.24, 2.45) is 5.92 Å². The topological polar surface area (TPSA) is 140 Å². The number of non-ortho nitro benzene ring substituents is 1. The molecule has 2 unspecified atom stereocenters. The van der Waals surface area contributed by atoms with Crippen molar-refractivity contribution in [3.8, 4) is 0 Å². The van der Waals surface area contributed by atoms with Crippen LogP contribution in [0.15, 0.2) is 48.6 Å². The molecule has 2 N–H and O–H groups in total. The van der Waals surface area contributed by atoms with E-state index in [4.69, 9.17) is 14.7 Å². The molecule has 12 nitrogen and oxygen atoms in total. The van der Waals surface area contributed by atoms with E-state index in [2.05, 4.69) is 20.3 Å². The van der Waals surface area contributed by atoms with Gasteiger partial charge in [-0.25, -0.2) is 14.4 Å². The first kappa shape index (κ1) is 23.0. The highest BCUT2D eigenvalue weighted by Gasteiger charge is 2.25. The van der Waals surface area contributed by atoms with Crippen LogP contribution in [0.5, 0.6) is 0 Å².